The summed E-state index contributed by atoms with van der Waals surface area (Å²) in [5.74, 6) is -3.04. The van der Waals surface area contributed by atoms with Crippen molar-refractivity contribution in [3.05, 3.63) is 104 Å². The van der Waals surface area contributed by atoms with Crippen LogP contribution in [0.15, 0.2) is 82.6 Å². The first-order valence-electron chi connectivity index (χ1n) is 14.8. The Bertz CT molecular complexity index is 1900. The maximum atomic E-state index is 14.2. The van der Waals surface area contributed by atoms with E-state index in [1.807, 2.05) is 68.4 Å². The van der Waals surface area contributed by atoms with E-state index in [0.717, 1.165) is 39.9 Å². The Morgan fingerprint density at radius 2 is 1.63 bits per heavy atom. The number of carbonyl (C=O) groups excluding carboxylic acids is 4. The van der Waals surface area contributed by atoms with Crippen LogP contribution in [0.25, 0.3) is 0 Å². The largest absolute Gasteiger partial charge is 0.462 e. The van der Waals surface area contributed by atoms with E-state index in [1.165, 1.54) is 21.6 Å². The highest BCUT2D eigenvalue weighted by Gasteiger charge is 2.56. The van der Waals surface area contributed by atoms with Crippen LogP contribution in [0, 0.1) is 12.8 Å². The zero-order valence-electron chi connectivity index (χ0n) is 25.7. The van der Waals surface area contributed by atoms with Crippen molar-refractivity contribution in [1.82, 2.24) is 4.57 Å². The lowest BCUT2D eigenvalue weighted by atomic mass is 9.83. The fourth-order valence-electron chi connectivity index (χ4n) is 5.86. The number of esters is 1. The van der Waals surface area contributed by atoms with E-state index in [2.05, 4.69) is 5.32 Å². The SMILES string of the molecule is CCOC(=O)c1ccc(N2C(=O)[C@H]3[C@H](c4ccc(N(C)C)cc4)c4sc(=O)n(CC(=O)Nc5ccccc5C)c4S[C@H]3C2=O)cc1. The monoisotopic (exact) mass is 656 g/mol. The second kappa shape index (κ2) is 12.6. The number of imide groups is 1. The minimum atomic E-state index is -0.831. The third-order valence-corrected chi connectivity index (χ3v) is 10.8. The van der Waals surface area contributed by atoms with Crippen molar-refractivity contribution in [3.8, 4) is 0 Å². The minimum Gasteiger partial charge on any atom is -0.462 e. The van der Waals surface area contributed by atoms with Crippen LogP contribution in [0.3, 0.4) is 0 Å². The lowest BCUT2D eigenvalue weighted by Gasteiger charge is -2.31. The number of benzene rings is 3. The Balaban J connectivity index is 1.39. The third-order valence-electron chi connectivity index (χ3n) is 8.18. The van der Waals surface area contributed by atoms with Crippen molar-refractivity contribution < 1.29 is 23.9 Å². The molecule has 2 aliphatic heterocycles. The molecule has 4 aromatic rings. The van der Waals surface area contributed by atoms with Crippen LogP contribution in [-0.2, 0) is 25.7 Å². The summed E-state index contributed by atoms with van der Waals surface area (Å²) in [6.07, 6.45) is 0. The summed E-state index contributed by atoms with van der Waals surface area (Å²) in [7, 11) is 3.86. The number of para-hydroxylation sites is 1. The van der Waals surface area contributed by atoms with Gasteiger partial charge in [-0.15, -0.1) is 0 Å². The molecule has 6 rings (SSSR count). The van der Waals surface area contributed by atoms with Crippen molar-refractivity contribution in [1.29, 1.82) is 0 Å². The number of hydrogen-bond donors (Lipinski definition) is 1. The number of fused-ring (bicyclic) bond motifs is 2. The van der Waals surface area contributed by atoms with Gasteiger partial charge in [0.1, 0.15) is 11.8 Å². The maximum absolute atomic E-state index is 14.2. The van der Waals surface area contributed by atoms with Gasteiger partial charge < -0.3 is 15.0 Å². The van der Waals surface area contributed by atoms with Crippen LogP contribution in [0.2, 0.25) is 0 Å². The smallest absolute Gasteiger partial charge is 0.338 e. The maximum Gasteiger partial charge on any atom is 0.338 e. The summed E-state index contributed by atoms with van der Waals surface area (Å²) in [6.45, 7) is 3.59. The summed E-state index contributed by atoms with van der Waals surface area (Å²) in [6, 6.07) is 21.3. The fraction of sp³-hybridized carbons (Fsp3) is 0.265. The molecular formula is C34H32N4O6S2. The number of rotatable bonds is 8. The van der Waals surface area contributed by atoms with Gasteiger partial charge in [0.15, 0.2) is 0 Å². The molecule has 1 saturated heterocycles. The molecule has 0 unspecified atom stereocenters. The molecule has 1 aromatic heterocycles. The van der Waals surface area contributed by atoms with E-state index in [1.54, 1.807) is 25.1 Å². The number of amides is 3. The van der Waals surface area contributed by atoms with Crippen molar-refractivity contribution in [2.24, 2.45) is 5.92 Å². The average Bonchev–Trinajstić information content (AvgIpc) is 3.48. The minimum absolute atomic E-state index is 0.226. The molecule has 3 atom stereocenters. The molecule has 3 amide bonds. The van der Waals surface area contributed by atoms with Gasteiger partial charge >= 0.3 is 10.8 Å². The van der Waals surface area contributed by atoms with Crippen molar-refractivity contribution >= 4 is 63.9 Å². The van der Waals surface area contributed by atoms with Crippen LogP contribution in [-0.4, -0.2) is 54.2 Å². The summed E-state index contributed by atoms with van der Waals surface area (Å²) in [5.41, 5.74) is 3.95. The second-order valence-corrected chi connectivity index (χ2v) is 13.4. The van der Waals surface area contributed by atoms with E-state index < -0.39 is 29.0 Å². The van der Waals surface area contributed by atoms with Gasteiger partial charge in [-0.25, -0.2) is 9.69 Å². The Morgan fingerprint density at radius 3 is 2.28 bits per heavy atom. The standard InChI is InChI=1S/C34H32N4O6S2/c1-5-44-33(42)21-12-16-23(17-13-21)38-30(40)27-26(20-10-14-22(15-11-20)36(3)4)29-32(45-28(27)31(38)41)37(34(43)46-29)18-25(39)35-24-9-7-6-8-19(24)2/h6-17,26-28H,5,18H2,1-4H3,(H,35,39)/t26-,27-,28+/m0/s1. The zero-order chi connectivity index (χ0) is 32.7. The van der Waals surface area contributed by atoms with Crippen molar-refractivity contribution in [2.75, 3.05) is 35.8 Å². The number of carbonyl (C=O) groups is 4. The molecule has 12 heteroatoms. The molecule has 3 aromatic carbocycles. The highest BCUT2D eigenvalue weighted by atomic mass is 32.2. The molecule has 0 saturated carbocycles. The van der Waals surface area contributed by atoms with Crippen LogP contribution >= 0.6 is 23.1 Å². The number of aryl methyl sites for hydroxylation is 1. The predicted molar refractivity (Wildman–Crippen MR) is 179 cm³/mol. The summed E-state index contributed by atoms with van der Waals surface area (Å²) in [4.78, 5) is 70.5. The van der Waals surface area contributed by atoms with Gasteiger partial charge in [0.25, 0.3) is 0 Å². The first-order valence-corrected chi connectivity index (χ1v) is 16.5. The molecule has 46 heavy (non-hydrogen) atoms. The zero-order valence-corrected chi connectivity index (χ0v) is 27.3. The molecule has 0 bridgehead atoms. The summed E-state index contributed by atoms with van der Waals surface area (Å²) < 4.78 is 6.47. The van der Waals surface area contributed by atoms with Crippen molar-refractivity contribution in [2.45, 2.75) is 36.6 Å². The molecule has 10 nitrogen and oxygen atoms in total. The molecular weight excluding hydrogens is 625 g/mol. The molecule has 1 N–H and O–H groups in total. The summed E-state index contributed by atoms with van der Waals surface area (Å²) in [5, 5.41) is 2.57. The average molecular weight is 657 g/mol. The van der Waals surface area contributed by atoms with Gasteiger partial charge in [-0.3, -0.25) is 23.7 Å². The number of thiazole rings is 1. The molecule has 2 aliphatic rings. The number of nitrogens with one attached hydrogen (secondary N) is 1. The quantitative estimate of drug-likeness (QED) is 0.210. The number of nitrogens with zero attached hydrogens (tertiary/aromatic N) is 3. The Hall–Kier alpha value is -4.68. The van der Waals surface area contributed by atoms with Gasteiger partial charge in [0.2, 0.25) is 17.7 Å². The number of anilines is 3. The number of aromatic nitrogens is 1. The highest BCUT2D eigenvalue weighted by molar-refractivity contribution is 8.00. The molecule has 1 fully saturated rings. The van der Waals surface area contributed by atoms with E-state index in [0.29, 0.717) is 26.8 Å². The summed E-state index contributed by atoms with van der Waals surface area (Å²) >= 11 is 2.16. The van der Waals surface area contributed by atoms with Gasteiger partial charge in [0.05, 0.1) is 28.8 Å². The van der Waals surface area contributed by atoms with E-state index in [4.69, 9.17) is 4.74 Å². The molecule has 3 heterocycles. The van der Waals surface area contributed by atoms with E-state index in [-0.39, 0.29) is 29.8 Å². The van der Waals surface area contributed by atoms with Gasteiger partial charge in [-0.1, -0.05) is 53.4 Å². The number of thioether (sulfide) groups is 1. The van der Waals surface area contributed by atoms with Crippen LogP contribution in [0.1, 0.15) is 39.2 Å². The van der Waals surface area contributed by atoms with Gasteiger partial charge in [-0.2, -0.15) is 0 Å². The van der Waals surface area contributed by atoms with E-state index >= 15 is 0 Å². The number of hydrogen-bond acceptors (Lipinski definition) is 9. The Labute approximate surface area is 274 Å². The van der Waals surface area contributed by atoms with Crippen LogP contribution in [0.4, 0.5) is 17.1 Å². The molecule has 0 radical (unpaired) electrons. The topological polar surface area (TPSA) is 118 Å². The first-order chi connectivity index (χ1) is 22.1. The third kappa shape index (κ3) is 5.62. The molecule has 236 valence electrons. The van der Waals surface area contributed by atoms with Crippen LogP contribution < -0.4 is 20.0 Å². The normalized spacial score (nSPS) is 18.6. The Morgan fingerprint density at radius 1 is 0.935 bits per heavy atom. The molecule has 0 aliphatic carbocycles. The predicted octanol–water partition coefficient (Wildman–Crippen LogP) is 4.90. The first kappa shape index (κ1) is 31.3. The highest BCUT2D eigenvalue weighted by Crippen LogP contribution is 2.54. The van der Waals surface area contributed by atoms with Gasteiger partial charge in [-0.05, 0) is 67.4 Å². The number of ether oxygens (including phenoxy) is 1. The second-order valence-electron chi connectivity index (χ2n) is 11.3. The lowest BCUT2D eigenvalue weighted by Crippen LogP contribution is -2.33. The molecule has 0 spiro atoms. The Kier molecular flexibility index (Phi) is 8.58. The van der Waals surface area contributed by atoms with E-state index in [9.17, 15) is 24.0 Å². The fourth-order valence-corrected chi connectivity index (χ4v) is 8.63. The van der Waals surface area contributed by atoms with Crippen LogP contribution in [0.5, 0.6) is 0 Å². The lowest BCUT2D eigenvalue weighted by molar-refractivity contribution is -0.122. The van der Waals surface area contributed by atoms with Gasteiger partial charge in [0, 0.05) is 36.3 Å². The van der Waals surface area contributed by atoms with Crippen molar-refractivity contribution in [3.63, 3.8) is 0 Å².